The van der Waals surface area contributed by atoms with E-state index in [1.807, 2.05) is 13.8 Å². The summed E-state index contributed by atoms with van der Waals surface area (Å²) in [5, 5.41) is 0.602. The molecule has 7 heteroatoms. The Bertz CT molecular complexity index is 721. The van der Waals surface area contributed by atoms with Gasteiger partial charge in [0.1, 0.15) is 17.3 Å². The summed E-state index contributed by atoms with van der Waals surface area (Å²) in [6.45, 7) is 4.18. The fourth-order valence-electron chi connectivity index (χ4n) is 2.28. The molecular formula is C12H15N3O3S. The summed E-state index contributed by atoms with van der Waals surface area (Å²) in [6, 6.07) is 3.47. The Morgan fingerprint density at radius 1 is 1.47 bits per heavy atom. The summed E-state index contributed by atoms with van der Waals surface area (Å²) in [5.41, 5.74) is 0.0314. The maximum atomic E-state index is 12.7. The van der Waals surface area contributed by atoms with Crippen LogP contribution in [-0.4, -0.2) is 41.6 Å². The van der Waals surface area contributed by atoms with Gasteiger partial charge in [0.05, 0.1) is 12.1 Å². The van der Waals surface area contributed by atoms with Gasteiger partial charge in [-0.05, 0) is 26.0 Å². The molecule has 6 nitrogen and oxygen atoms in total. The third-order valence-corrected chi connectivity index (χ3v) is 5.39. The third kappa shape index (κ3) is 1.85. The van der Waals surface area contributed by atoms with Crippen LogP contribution in [0, 0.1) is 0 Å². The number of hydrogen-bond donors (Lipinski definition) is 1. The molecule has 0 aliphatic carbocycles. The van der Waals surface area contributed by atoms with Crippen molar-refractivity contribution in [2.45, 2.75) is 24.3 Å². The van der Waals surface area contributed by atoms with E-state index in [0.717, 1.165) is 0 Å². The molecule has 1 saturated heterocycles. The predicted octanol–water partition coefficient (Wildman–Crippen LogP) is 1.32. The number of pyridine rings is 1. The highest BCUT2D eigenvalue weighted by molar-refractivity contribution is 7.89. The second-order valence-corrected chi connectivity index (χ2v) is 7.03. The van der Waals surface area contributed by atoms with Gasteiger partial charge in [-0.25, -0.2) is 13.4 Å². The van der Waals surface area contributed by atoms with E-state index in [4.69, 9.17) is 4.74 Å². The van der Waals surface area contributed by atoms with Gasteiger partial charge in [-0.15, -0.1) is 0 Å². The molecule has 0 bridgehead atoms. The Morgan fingerprint density at radius 2 is 2.26 bits per heavy atom. The van der Waals surface area contributed by atoms with E-state index in [-0.39, 0.29) is 11.6 Å². The Balaban J connectivity index is 2.15. The summed E-state index contributed by atoms with van der Waals surface area (Å²) in [4.78, 5) is 7.24. The molecule has 0 spiro atoms. The van der Waals surface area contributed by atoms with Crippen LogP contribution in [0.4, 0.5) is 0 Å². The van der Waals surface area contributed by atoms with E-state index in [9.17, 15) is 8.42 Å². The average molecular weight is 281 g/mol. The number of rotatable bonds is 2. The Morgan fingerprint density at radius 3 is 2.95 bits per heavy atom. The third-order valence-electron chi connectivity index (χ3n) is 3.32. The predicted molar refractivity (Wildman–Crippen MR) is 70.0 cm³/mol. The topological polar surface area (TPSA) is 75.3 Å². The van der Waals surface area contributed by atoms with Gasteiger partial charge in [0.15, 0.2) is 0 Å². The lowest BCUT2D eigenvalue weighted by Crippen LogP contribution is -2.44. The SMILES string of the molecule is CC1(C)COCN1S(=O)(=O)c1c[nH]c2ncccc12. The van der Waals surface area contributed by atoms with Crippen molar-refractivity contribution in [1.82, 2.24) is 14.3 Å². The van der Waals surface area contributed by atoms with E-state index >= 15 is 0 Å². The minimum Gasteiger partial charge on any atom is -0.363 e. The van der Waals surface area contributed by atoms with Crippen LogP contribution in [0.2, 0.25) is 0 Å². The lowest BCUT2D eigenvalue weighted by molar-refractivity contribution is 0.171. The number of sulfonamides is 1. The van der Waals surface area contributed by atoms with Crippen molar-refractivity contribution in [3.8, 4) is 0 Å². The fourth-order valence-corrected chi connectivity index (χ4v) is 4.09. The van der Waals surface area contributed by atoms with E-state index in [0.29, 0.717) is 17.6 Å². The molecule has 2 aromatic rings. The number of ether oxygens (including phenoxy) is 1. The standard InChI is InChI=1S/C12H15N3O3S/c1-12(2)7-18-8-15(12)19(16,17)10-6-14-11-9(10)4-3-5-13-11/h3-6H,7-8H2,1-2H3,(H,13,14). The fraction of sp³-hybridized carbons (Fsp3) is 0.417. The molecule has 3 rings (SSSR count). The molecule has 1 N–H and O–H groups in total. The molecule has 0 amide bonds. The summed E-state index contributed by atoms with van der Waals surface area (Å²) in [5.74, 6) is 0. The zero-order chi connectivity index (χ0) is 13.7. The summed E-state index contributed by atoms with van der Waals surface area (Å²) >= 11 is 0. The molecule has 0 radical (unpaired) electrons. The first kappa shape index (κ1) is 12.6. The summed E-state index contributed by atoms with van der Waals surface area (Å²) in [7, 11) is -3.59. The molecule has 0 unspecified atom stereocenters. The maximum Gasteiger partial charge on any atom is 0.247 e. The highest BCUT2D eigenvalue weighted by Crippen LogP contribution is 2.32. The zero-order valence-electron chi connectivity index (χ0n) is 10.8. The van der Waals surface area contributed by atoms with Crippen molar-refractivity contribution in [2.24, 2.45) is 0 Å². The van der Waals surface area contributed by atoms with E-state index < -0.39 is 15.6 Å². The molecule has 102 valence electrons. The normalized spacial score (nSPS) is 20.1. The average Bonchev–Trinajstić information content (AvgIpc) is 2.92. The minimum absolute atomic E-state index is 0.0856. The zero-order valence-corrected chi connectivity index (χ0v) is 11.6. The van der Waals surface area contributed by atoms with Crippen molar-refractivity contribution in [1.29, 1.82) is 0 Å². The highest BCUT2D eigenvalue weighted by atomic mass is 32.2. The molecule has 0 atom stereocenters. The van der Waals surface area contributed by atoms with Crippen LogP contribution < -0.4 is 0 Å². The van der Waals surface area contributed by atoms with E-state index in [1.165, 1.54) is 10.5 Å². The molecule has 1 fully saturated rings. The largest absolute Gasteiger partial charge is 0.363 e. The monoisotopic (exact) mass is 281 g/mol. The molecule has 19 heavy (non-hydrogen) atoms. The van der Waals surface area contributed by atoms with Gasteiger partial charge in [-0.3, -0.25) is 0 Å². The Hall–Kier alpha value is -1.44. The van der Waals surface area contributed by atoms with E-state index in [2.05, 4.69) is 9.97 Å². The van der Waals surface area contributed by atoms with Crippen molar-refractivity contribution in [2.75, 3.05) is 13.3 Å². The first-order valence-electron chi connectivity index (χ1n) is 5.96. The summed E-state index contributed by atoms with van der Waals surface area (Å²) in [6.07, 6.45) is 3.11. The number of nitrogens with one attached hydrogen (secondary N) is 1. The van der Waals surface area contributed by atoms with Gasteiger partial charge >= 0.3 is 0 Å². The van der Waals surface area contributed by atoms with Crippen LogP contribution in [0.15, 0.2) is 29.4 Å². The lowest BCUT2D eigenvalue weighted by Gasteiger charge is -2.27. The second kappa shape index (κ2) is 4.03. The van der Waals surface area contributed by atoms with Crippen molar-refractivity contribution >= 4 is 21.1 Å². The maximum absolute atomic E-state index is 12.7. The van der Waals surface area contributed by atoms with Gasteiger partial charge in [-0.1, -0.05) is 0 Å². The molecule has 2 aromatic heterocycles. The molecule has 0 saturated carbocycles. The van der Waals surface area contributed by atoms with Crippen molar-refractivity contribution in [3.63, 3.8) is 0 Å². The molecule has 0 aromatic carbocycles. The first-order chi connectivity index (χ1) is 8.93. The van der Waals surface area contributed by atoms with Gasteiger partial charge in [-0.2, -0.15) is 4.31 Å². The van der Waals surface area contributed by atoms with Crippen LogP contribution >= 0.6 is 0 Å². The number of aromatic amines is 1. The van der Waals surface area contributed by atoms with Crippen LogP contribution in [0.5, 0.6) is 0 Å². The van der Waals surface area contributed by atoms with Crippen LogP contribution in [0.25, 0.3) is 11.0 Å². The smallest absolute Gasteiger partial charge is 0.247 e. The molecule has 3 heterocycles. The number of nitrogens with zero attached hydrogens (tertiary/aromatic N) is 2. The minimum atomic E-state index is -3.59. The van der Waals surface area contributed by atoms with Crippen LogP contribution in [-0.2, 0) is 14.8 Å². The molecular weight excluding hydrogens is 266 g/mol. The van der Waals surface area contributed by atoms with Gasteiger partial charge < -0.3 is 9.72 Å². The quantitative estimate of drug-likeness (QED) is 0.900. The summed E-state index contributed by atoms with van der Waals surface area (Å²) < 4.78 is 32.1. The number of H-pyrrole nitrogens is 1. The van der Waals surface area contributed by atoms with Crippen LogP contribution in [0.3, 0.4) is 0 Å². The Kier molecular flexibility index (Phi) is 2.67. The number of fused-ring (bicyclic) bond motifs is 1. The van der Waals surface area contributed by atoms with Gasteiger partial charge in [0.2, 0.25) is 10.0 Å². The second-order valence-electron chi connectivity index (χ2n) is 5.20. The van der Waals surface area contributed by atoms with Crippen LogP contribution in [0.1, 0.15) is 13.8 Å². The first-order valence-corrected chi connectivity index (χ1v) is 7.40. The lowest BCUT2D eigenvalue weighted by atomic mass is 10.1. The number of hydrogen-bond acceptors (Lipinski definition) is 4. The molecule has 1 aliphatic rings. The Labute approximate surface area is 111 Å². The highest BCUT2D eigenvalue weighted by Gasteiger charge is 2.42. The van der Waals surface area contributed by atoms with E-state index in [1.54, 1.807) is 18.3 Å². The number of aromatic nitrogens is 2. The van der Waals surface area contributed by atoms with Gasteiger partial charge in [0.25, 0.3) is 0 Å². The van der Waals surface area contributed by atoms with Crippen molar-refractivity contribution < 1.29 is 13.2 Å². The van der Waals surface area contributed by atoms with Crippen molar-refractivity contribution in [3.05, 3.63) is 24.5 Å². The molecule has 1 aliphatic heterocycles. The van der Waals surface area contributed by atoms with Gasteiger partial charge in [0, 0.05) is 17.8 Å².